The molecule has 1 saturated heterocycles. The Morgan fingerprint density at radius 2 is 2.43 bits per heavy atom. The van der Waals surface area contributed by atoms with E-state index in [0.29, 0.717) is 6.61 Å². The lowest BCUT2D eigenvalue weighted by Crippen LogP contribution is -2.43. The van der Waals surface area contributed by atoms with Crippen molar-refractivity contribution in [2.24, 2.45) is 5.92 Å². The number of hydrogen-bond donors (Lipinski definition) is 0. The fourth-order valence-corrected chi connectivity index (χ4v) is 1.97. The number of rotatable bonds is 4. The highest BCUT2D eigenvalue weighted by Crippen LogP contribution is 2.11. The zero-order valence-electron chi connectivity index (χ0n) is 9.20. The Labute approximate surface area is 86.6 Å². The number of hydrogen-bond acceptors (Lipinski definition) is 3. The summed E-state index contributed by atoms with van der Waals surface area (Å²) in [6, 6.07) is 2.18. The van der Waals surface area contributed by atoms with Crippen molar-refractivity contribution in [3.63, 3.8) is 0 Å². The van der Waals surface area contributed by atoms with E-state index in [1.54, 1.807) is 0 Å². The lowest BCUT2D eigenvalue weighted by atomic mass is 10.1. The van der Waals surface area contributed by atoms with Gasteiger partial charge in [0.05, 0.1) is 12.7 Å². The van der Waals surface area contributed by atoms with Gasteiger partial charge in [-0.2, -0.15) is 5.26 Å². The molecule has 0 saturated carbocycles. The van der Waals surface area contributed by atoms with Gasteiger partial charge in [-0.05, 0) is 12.3 Å². The fourth-order valence-electron chi connectivity index (χ4n) is 1.97. The van der Waals surface area contributed by atoms with Crippen molar-refractivity contribution in [1.82, 2.24) is 4.90 Å². The van der Waals surface area contributed by atoms with Crippen LogP contribution in [-0.2, 0) is 4.74 Å². The molecule has 1 heterocycles. The fraction of sp³-hybridized carbons (Fsp3) is 0.909. The van der Waals surface area contributed by atoms with E-state index in [-0.39, 0.29) is 6.10 Å². The molecule has 0 amide bonds. The molecule has 0 aromatic carbocycles. The third-order valence-corrected chi connectivity index (χ3v) is 2.65. The Bertz CT molecular complexity index is 200. The van der Waals surface area contributed by atoms with E-state index in [0.717, 1.165) is 25.6 Å². The standard InChI is InChI=1S/C11H20N2O/c1-3-4-10(2)8-13-5-6-14-11(7-12)9-13/h10-11H,3-6,8-9H2,1-2H3. The van der Waals surface area contributed by atoms with Crippen LogP contribution >= 0.6 is 0 Å². The van der Waals surface area contributed by atoms with E-state index < -0.39 is 0 Å². The predicted octanol–water partition coefficient (Wildman–Crippen LogP) is 1.65. The van der Waals surface area contributed by atoms with Gasteiger partial charge in [-0.1, -0.05) is 20.3 Å². The zero-order chi connectivity index (χ0) is 10.4. The van der Waals surface area contributed by atoms with Crippen LogP contribution in [0.4, 0.5) is 0 Å². The lowest BCUT2D eigenvalue weighted by Gasteiger charge is -2.31. The van der Waals surface area contributed by atoms with Crippen molar-refractivity contribution in [3.05, 3.63) is 0 Å². The summed E-state index contributed by atoms with van der Waals surface area (Å²) < 4.78 is 5.30. The quantitative estimate of drug-likeness (QED) is 0.686. The second-order valence-corrected chi connectivity index (χ2v) is 4.14. The van der Waals surface area contributed by atoms with Crippen molar-refractivity contribution >= 4 is 0 Å². The van der Waals surface area contributed by atoms with Gasteiger partial charge in [0.1, 0.15) is 0 Å². The van der Waals surface area contributed by atoms with Gasteiger partial charge in [-0.25, -0.2) is 0 Å². The first-order chi connectivity index (χ1) is 6.76. The van der Waals surface area contributed by atoms with Gasteiger partial charge < -0.3 is 4.74 Å². The average molecular weight is 196 g/mol. The van der Waals surface area contributed by atoms with Crippen LogP contribution in [0, 0.1) is 17.2 Å². The second kappa shape index (κ2) is 6.00. The van der Waals surface area contributed by atoms with Crippen LogP contribution in [0.1, 0.15) is 26.7 Å². The summed E-state index contributed by atoms with van der Waals surface area (Å²) in [7, 11) is 0. The summed E-state index contributed by atoms with van der Waals surface area (Å²) in [5.74, 6) is 0.734. The molecule has 0 spiro atoms. The Morgan fingerprint density at radius 1 is 1.64 bits per heavy atom. The molecule has 0 aromatic heterocycles. The highest BCUT2D eigenvalue weighted by molar-refractivity contribution is 4.89. The number of ether oxygens (including phenoxy) is 1. The lowest BCUT2D eigenvalue weighted by molar-refractivity contribution is -0.00455. The Morgan fingerprint density at radius 3 is 3.07 bits per heavy atom. The number of nitrogens with zero attached hydrogens (tertiary/aromatic N) is 2. The molecule has 1 aliphatic heterocycles. The van der Waals surface area contributed by atoms with Gasteiger partial charge in [0, 0.05) is 19.6 Å². The van der Waals surface area contributed by atoms with Gasteiger partial charge in [-0.15, -0.1) is 0 Å². The van der Waals surface area contributed by atoms with Gasteiger partial charge in [0.2, 0.25) is 0 Å². The second-order valence-electron chi connectivity index (χ2n) is 4.14. The molecule has 1 fully saturated rings. The Hall–Kier alpha value is -0.590. The summed E-state index contributed by atoms with van der Waals surface area (Å²) in [6.07, 6.45) is 2.31. The molecule has 0 N–H and O–H groups in total. The van der Waals surface area contributed by atoms with Crippen molar-refractivity contribution in [3.8, 4) is 6.07 Å². The maximum atomic E-state index is 8.74. The highest BCUT2D eigenvalue weighted by Gasteiger charge is 2.20. The summed E-state index contributed by atoms with van der Waals surface area (Å²) in [5, 5.41) is 8.74. The van der Waals surface area contributed by atoms with E-state index in [1.165, 1.54) is 12.8 Å². The number of morpholine rings is 1. The van der Waals surface area contributed by atoms with E-state index in [2.05, 4.69) is 24.8 Å². The van der Waals surface area contributed by atoms with Crippen LogP contribution in [-0.4, -0.2) is 37.2 Å². The molecule has 3 heteroatoms. The van der Waals surface area contributed by atoms with Crippen LogP contribution in [0.3, 0.4) is 0 Å². The van der Waals surface area contributed by atoms with Gasteiger partial charge in [0.25, 0.3) is 0 Å². The van der Waals surface area contributed by atoms with Crippen LogP contribution in [0.15, 0.2) is 0 Å². The topological polar surface area (TPSA) is 36.3 Å². The molecular formula is C11H20N2O. The molecule has 1 rings (SSSR count). The summed E-state index contributed by atoms with van der Waals surface area (Å²) in [5.41, 5.74) is 0. The Kier molecular flexibility index (Phi) is 4.92. The van der Waals surface area contributed by atoms with Crippen LogP contribution in [0.5, 0.6) is 0 Å². The largest absolute Gasteiger partial charge is 0.361 e. The average Bonchev–Trinajstić information content (AvgIpc) is 2.18. The van der Waals surface area contributed by atoms with E-state index in [9.17, 15) is 0 Å². The van der Waals surface area contributed by atoms with Crippen molar-refractivity contribution < 1.29 is 4.74 Å². The molecule has 3 nitrogen and oxygen atoms in total. The van der Waals surface area contributed by atoms with Crippen molar-refractivity contribution in [1.29, 1.82) is 5.26 Å². The minimum atomic E-state index is -0.211. The molecule has 1 aliphatic rings. The summed E-state index contributed by atoms with van der Waals surface area (Å²) in [6.45, 7) is 8.07. The summed E-state index contributed by atoms with van der Waals surface area (Å²) >= 11 is 0. The molecule has 0 aliphatic carbocycles. The van der Waals surface area contributed by atoms with Gasteiger partial charge in [0.15, 0.2) is 6.10 Å². The minimum Gasteiger partial charge on any atom is -0.361 e. The van der Waals surface area contributed by atoms with E-state index >= 15 is 0 Å². The predicted molar refractivity (Wildman–Crippen MR) is 55.9 cm³/mol. The first-order valence-electron chi connectivity index (χ1n) is 5.49. The van der Waals surface area contributed by atoms with Crippen molar-refractivity contribution in [2.75, 3.05) is 26.2 Å². The molecule has 2 atom stereocenters. The first-order valence-corrected chi connectivity index (χ1v) is 5.49. The molecular weight excluding hydrogens is 176 g/mol. The van der Waals surface area contributed by atoms with Gasteiger partial charge >= 0.3 is 0 Å². The maximum Gasteiger partial charge on any atom is 0.156 e. The first kappa shape index (κ1) is 11.5. The molecule has 0 radical (unpaired) electrons. The third kappa shape index (κ3) is 3.65. The molecule has 80 valence electrons. The normalized spacial score (nSPS) is 25.6. The van der Waals surface area contributed by atoms with Crippen LogP contribution < -0.4 is 0 Å². The van der Waals surface area contributed by atoms with Crippen LogP contribution in [0.2, 0.25) is 0 Å². The maximum absolute atomic E-state index is 8.74. The van der Waals surface area contributed by atoms with Crippen LogP contribution in [0.25, 0.3) is 0 Å². The molecule has 2 unspecified atom stereocenters. The smallest absolute Gasteiger partial charge is 0.156 e. The van der Waals surface area contributed by atoms with Gasteiger partial charge in [-0.3, -0.25) is 4.90 Å². The monoisotopic (exact) mass is 196 g/mol. The SMILES string of the molecule is CCCC(C)CN1CCOC(C#N)C1. The summed E-state index contributed by atoms with van der Waals surface area (Å²) in [4.78, 5) is 2.34. The van der Waals surface area contributed by atoms with E-state index in [4.69, 9.17) is 10.00 Å². The highest BCUT2D eigenvalue weighted by atomic mass is 16.5. The molecule has 14 heavy (non-hydrogen) atoms. The minimum absolute atomic E-state index is 0.211. The third-order valence-electron chi connectivity index (χ3n) is 2.65. The zero-order valence-corrected chi connectivity index (χ0v) is 9.20. The Balaban J connectivity index is 2.27. The van der Waals surface area contributed by atoms with E-state index in [1.807, 2.05) is 0 Å². The molecule has 0 bridgehead atoms. The van der Waals surface area contributed by atoms with Crippen molar-refractivity contribution in [2.45, 2.75) is 32.8 Å². The molecule has 0 aromatic rings. The number of nitriles is 1.